The maximum Gasteiger partial charge on any atom is 0.248 e. The van der Waals surface area contributed by atoms with Crippen LogP contribution < -0.4 is 5.32 Å². The second-order valence-corrected chi connectivity index (χ2v) is 5.93. The molecule has 1 aliphatic heterocycles. The Hall–Kier alpha value is -2.47. The lowest BCUT2D eigenvalue weighted by atomic mass is 10.0. The molecule has 1 aromatic heterocycles. The lowest BCUT2D eigenvalue weighted by Crippen LogP contribution is -2.20. The Balaban J connectivity index is 1.81. The van der Waals surface area contributed by atoms with Crippen LogP contribution in [0.2, 0.25) is 0 Å². The van der Waals surface area contributed by atoms with Crippen LogP contribution in [0.4, 0.5) is 5.95 Å². The molecule has 0 amide bonds. The van der Waals surface area contributed by atoms with Crippen molar-refractivity contribution in [3.8, 4) is 0 Å². The third-order valence-corrected chi connectivity index (χ3v) is 4.15. The number of allylic oxidation sites excluding steroid dienone is 1. The summed E-state index contributed by atoms with van der Waals surface area (Å²) in [6, 6.07) is 18.3. The van der Waals surface area contributed by atoms with E-state index in [-0.39, 0.29) is 6.04 Å². The number of tetrazole rings is 1. The highest BCUT2D eigenvalue weighted by molar-refractivity contribution is 9.10. The summed E-state index contributed by atoms with van der Waals surface area (Å²) in [7, 11) is 0. The van der Waals surface area contributed by atoms with E-state index < -0.39 is 0 Å². The summed E-state index contributed by atoms with van der Waals surface area (Å²) in [6.07, 6.45) is 2.14. The number of hydrogen-bond donors (Lipinski definition) is 1. The van der Waals surface area contributed by atoms with Gasteiger partial charge >= 0.3 is 0 Å². The molecule has 0 saturated heterocycles. The molecular formula is C16H12BrN5. The number of benzene rings is 2. The van der Waals surface area contributed by atoms with E-state index in [4.69, 9.17) is 0 Å². The second kappa shape index (κ2) is 5.38. The predicted octanol–water partition coefficient (Wildman–Crippen LogP) is 3.49. The predicted molar refractivity (Wildman–Crippen MR) is 88.1 cm³/mol. The van der Waals surface area contributed by atoms with E-state index in [1.807, 2.05) is 30.3 Å². The molecule has 0 bridgehead atoms. The molecule has 3 aromatic rings. The molecule has 0 aliphatic carbocycles. The van der Waals surface area contributed by atoms with Crippen molar-refractivity contribution in [2.75, 3.05) is 5.32 Å². The van der Waals surface area contributed by atoms with Crippen molar-refractivity contribution in [3.05, 3.63) is 76.3 Å². The van der Waals surface area contributed by atoms with Gasteiger partial charge in [-0.3, -0.25) is 0 Å². The maximum atomic E-state index is 4.10. The molecule has 6 heteroatoms. The van der Waals surface area contributed by atoms with Crippen molar-refractivity contribution in [2.24, 2.45) is 0 Å². The van der Waals surface area contributed by atoms with Crippen molar-refractivity contribution in [2.45, 2.75) is 6.04 Å². The fraction of sp³-hybridized carbons (Fsp3) is 0.0625. The first-order valence-electron chi connectivity index (χ1n) is 6.89. The monoisotopic (exact) mass is 353 g/mol. The van der Waals surface area contributed by atoms with E-state index in [1.54, 1.807) is 4.68 Å². The largest absolute Gasteiger partial charge is 0.323 e. The molecule has 1 atom stereocenters. The number of anilines is 1. The molecule has 0 fully saturated rings. The van der Waals surface area contributed by atoms with E-state index in [9.17, 15) is 0 Å². The van der Waals surface area contributed by atoms with Crippen LogP contribution in [-0.2, 0) is 0 Å². The summed E-state index contributed by atoms with van der Waals surface area (Å²) < 4.78 is 2.84. The molecule has 108 valence electrons. The van der Waals surface area contributed by atoms with Gasteiger partial charge in [-0.2, -0.15) is 4.68 Å². The number of halogens is 1. The van der Waals surface area contributed by atoms with Gasteiger partial charge in [-0.05, 0) is 39.8 Å². The molecule has 1 aliphatic rings. The molecule has 0 unspecified atom stereocenters. The minimum absolute atomic E-state index is 0.0328. The summed E-state index contributed by atoms with van der Waals surface area (Å²) in [5.74, 6) is 0.647. The average molecular weight is 354 g/mol. The zero-order valence-corrected chi connectivity index (χ0v) is 13.1. The van der Waals surface area contributed by atoms with Crippen LogP contribution in [0.1, 0.15) is 17.2 Å². The number of nitrogens with zero attached hydrogens (tertiary/aromatic N) is 4. The van der Waals surface area contributed by atoms with Crippen LogP contribution in [0.15, 0.2) is 65.1 Å². The van der Waals surface area contributed by atoms with E-state index >= 15 is 0 Å². The van der Waals surface area contributed by atoms with Gasteiger partial charge < -0.3 is 5.32 Å². The molecule has 0 saturated carbocycles. The van der Waals surface area contributed by atoms with Gasteiger partial charge in [0.2, 0.25) is 5.95 Å². The van der Waals surface area contributed by atoms with Crippen LogP contribution in [-0.4, -0.2) is 20.2 Å². The molecule has 0 radical (unpaired) electrons. The van der Waals surface area contributed by atoms with Gasteiger partial charge in [0.25, 0.3) is 0 Å². The van der Waals surface area contributed by atoms with Gasteiger partial charge in [0.1, 0.15) is 6.04 Å². The molecule has 22 heavy (non-hydrogen) atoms. The number of rotatable bonds is 2. The van der Waals surface area contributed by atoms with Crippen molar-refractivity contribution in [1.82, 2.24) is 20.2 Å². The number of aromatic nitrogens is 4. The lowest BCUT2D eigenvalue weighted by Gasteiger charge is -2.23. The van der Waals surface area contributed by atoms with Crippen LogP contribution in [0.25, 0.3) is 5.70 Å². The highest BCUT2D eigenvalue weighted by Crippen LogP contribution is 2.31. The van der Waals surface area contributed by atoms with Gasteiger partial charge in [0.15, 0.2) is 0 Å². The van der Waals surface area contributed by atoms with Crippen LogP contribution in [0.3, 0.4) is 0 Å². The van der Waals surface area contributed by atoms with E-state index in [2.05, 4.69) is 67.1 Å². The molecule has 5 nitrogen and oxygen atoms in total. The minimum Gasteiger partial charge on any atom is -0.323 e. The molecule has 0 spiro atoms. The highest BCUT2D eigenvalue weighted by atomic mass is 79.9. The van der Waals surface area contributed by atoms with Crippen LogP contribution in [0, 0.1) is 0 Å². The summed E-state index contributed by atoms with van der Waals surface area (Å²) in [4.78, 5) is 0. The van der Waals surface area contributed by atoms with Crippen molar-refractivity contribution in [1.29, 1.82) is 0 Å². The fourth-order valence-electron chi connectivity index (χ4n) is 2.54. The zero-order chi connectivity index (χ0) is 14.9. The standard InChI is InChI=1S/C16H12BrN5/c17-13-8-6-12(7-9-13)15-10-14(11-4-2-1-3-5-11)18-16-19-20-21-22(15)16/h1-10,15H,(H,18,19,21)/t15-/m0/s1. The van der Waals surface area contributed by atoms with Crippen molar-refractivity contribution >= 4 is 27.6 Å². The molecule has 4 rings (SSSR count). The minimum atomic E-state index is -0.0328. The van der Waals surface area contributed by atoms with Gasteiger partial charge in [-0.15, -0.1) is 0 Å². The van der Waals surface area contributed by atoms with E-state index in [0.29, 0.717) is 5.95 Å². The summed E-state index contributed by atoms with van der Waals surface area (Å²) in [5, 5.41) is 15.2. The number of hydrogen-bond acceptors (Lipinski definition) is 4. The average Bonchev–Trinajstić information content (AvgIpc) is 3.04. The van der Waals surface area contributed by atoms with Crippen LogP contribution in [0.5, 0.6) is 0 Å². The fourth-order valence-corrected chi connectivity index (χ4v) is 2.80. The summed E-state index contributed by atoms with van der Waals surface area (Å²) >= 11 is 3.47. The zero-order valence-electron chi connectivity index (χ0n) is 11.5. The van der Waals surface area contributed by atoms with Crippen molar-refractivity contribution < 1.29 is 0 Å². The summed E-state index contributed by atoms with van der Waals surface area (Å²) in [6.45, 7) is 0. The quantitative estimate of drug-likeness (QED) is 0.766. The first kappa shape index (κ1) is 13.2. The van der Waals surface area contributed by atoms with E-state index in [0.717, 1.165) is 21.3 Å². The Morgan fingerprint density at radius 3 is 2.55 bits per heavy atom. The van der Waals surface area contributed by atoms with Crippen molar-refractivity contribution in [3.63, 3.8) is 0 Å². The Kier molecular flexibility index (Phi) is 3.23. The Morgan fingerprint density at radius 2 is 1.77 bits per heavy atom. The van der Waals surface area contributed by atoms with Gasteiger partial charge in [-0.1, -0.05) is 63.5 Å². The normalized spacial score (nSPS) is 16.6. The van der Waals surface area contributed by atoms with Gasteiger partial charge in [0, 0.05) is 10.2 Å². The first-order valence-corrected chi connectivity index (χ1v) is 7.68. The van der Waals surface area contributed by atoms with E-state index in [1.165, 1.54) is 0 Å². The lowest BCUT2D eigenvalue weighted by molar-refractivity contribution is 0.586. The smallest absolute Gasteiger partial charge is 0.248 e. The van der Waals surface area contributed by atoms with Crippen LogP contribution >= 0.6 is 15.9 Å². The number of fused-ring (bicyclic) bond motifs is 1. The highest BCUT2D eigenvalue weighted by Gasteiger charge is 2.24. The Bertz CT molecular complexity index is 823. The molecule has 2 aromatic carbocycles. The van der Waals surface area contributed by atoms with Gasteiger partial charge in [0.05, 0.1) is 0 Å². The number of nitrogens with one attached hydrogen (secondary N) is 1. The SMILES string of the molecule is Brc1ccc([C@@H]2C=C(c3ccccc3)Nc3nnnn32)cc1. The first-order chi connectivity index (χ1) is 10.8. The second-order valence-electron chi connectivity index (χ2n) is 5.01. The summed E-state index contributed by atoms with van der Waals surface area (Å²) in [5.41, 5.74) is 3.25. The Labute approximate surface area is 135 Å². The third kappa shape index (κ3) is 2.31. The molecule has 2 heterocycles. The molecule has 1 N–H and O–H groups in total. The maximum absolute atomic E-state index is 4.10. The molecular weight excluding hydrogens is 342 g/mol. The topological polar surface area (TPSA) is 55.6 Å². The third-order valence-electron chi connectivity index (χ3n) is 3.62. The van der Waals surface area contributed by atoms with Gasteiger partial charge in [-0.25, -0.2) is 0 Å². The Morgan fingerprint density at radius 1 is 1.00 bits per heavy atom.